The van der Waals surface area contributed by atoms with Gasteiger partial charge in [-0.15, -0.1) is 0 Å². The maximum atomic E-state index is 11.4. The van der Waals surface area contributed by atoms with Crippen LogP contribution in [0.25, 0.3) is 0 Å². The van der Waals surface area contributed by atoms with Crippen molar-refractivity contribution in [3.8, 4) is 0 Å². The van der Waals surface area contributed by atoms with Crippen LogP contribution in [0.4, 0.5) is 0 Å². The highest BCUT2D eigenvalue weighted by Gasteiger charge is 2.44. The first-order valence-electron chi connectivity index (χ1n) is 5.85. The minimum Gasteiger partial charge on any atom is -0.394 e. The summed E-state index contributed by atoms with van der Waals surface area (Å²) in [5, 5.41) is 54.9. The largest absolute Gasteiger partial charge is 0.490 e. The second-order valence-corrected chi connectivity index (χ2v) is 8.68. The van der Waals surface area contributed by atoms with Crippen LogP contribution in [0.1, 0.15) is 0 Å². The second-order valence-electron chi connectivity index (χ2n) is 4.31. The van der Waals surface area contributed by atoms with E-state index in [0.717, 1.165) is 0 Å². The van der Waals surface area contributed by atoms with Gasteiger partial charge in [-0.2, -0.15) is 8.62 Å². The molecule has 0 aromatic rings. The second kappa shape index (κ2) is 9.39. The molecule has 0 amide bonds. The van der Waals surface area contributed by atoms with Gasteiger partial charge >= 0.3 is 23.5 Å². The monoisotopic (exact) mass is 438 g/mol. The van der Waals surface area contributed by atoms with Crippen LogP contribution in [0.15, 0.2) is 0 Å². The van der Waals surface area contributed by atoms with Gasteiger partial charge in [0.05, 0.1) is 6.61 Å². The van der Waals surface area contributed by atoms with E-state index in [9.17, 15) is 34.1 Å². The number of aliphatic hydroxyl groups excluding tert-OH is 6. The molecular formula is C6H17O16P3. The average molecular weight is 438 g/mol. The summed E-state index contributed by atoms with van der Waals surface area (Å²) in [6.07, 6.45) is -12.2. The molecule has 0 aliphatic heterocycles. The molecule has 0 rings (SSSR count). The summed E-state index contributed by atoms with van der Waals surface area (Å²) in [5.41, 5.74) is 0. The molecule has 0 heterocycles. The van der Waals surface area contributed by atoms with E-state index in [-0.39, 0.29) is 0 Å². The van der Waals surface area contributed by atoms with Crippen molar-refractivity contribution in [2.24, 2.45) is 0 Å². The predicted molar refractivity (Wildman–Crippen MR) is 72.1 cm³/mol. The average Bonchev–Trinajstić information content (AvgIpc) is 2.38. The number of phosphoric acid groups is 3. The molecule has 16 nitrogen and oxygen atoms in total. The smallest absolute Gasteiger partial charge is 0.394 e. The lowest BCUT2D eigenvalue weighted by molar-refractivity contribution is -0.185. The fourth-order valence-electron chi connectivity index (χ4n) is 1.20. The summed E-state index contributed by atoms with van der Waals surface area (Å²) in [6.45, 7) is -1.07. The summed E-state index contributed by atoms with van der Waals surface area (Å²) in [7, 11) is -17.3. The topological polar surface area (TPSA) is 281 Å². The molecule has 10 N–H and O–H groups in total. The van der Waals surface area contributed by atoms with Crippen molar-refractivity contribution in [2.45, 2.75) is 30.7 Å². The molecule has 25 heavy (non-hydrogen) atoms. The Kier molecular flexibility index (Phi) is 9.46. The van der Waals surface area contributed by atoms with Crippen molar-refractivity contribution in [2.75, 3.05) is 6.61 Å². The normalized spacial score (nSPS) is 23.8. The van der Waals surface area contributed by atoms with E-state index in [4.69, 9.17) is 29.8 Å². The fourth-order valence-corrected chi connectivity index (χ4v) is 4.26. The van der Waals surface area contributed by atoms with Crippen molar-refractivity contribution in [1.29, 1.82) is 0 Å². The standard InChI is InChI=1S/C6H17O16P3/c7-1-2(8)3(9)4(10)5(11)6(12)20-24(16,17)22-25(18,19)21-23(13,14)15/h2-12H,1H2,(H,16,17)(H,18,19)(H2,13,14,15)/t2-,3-,4+,5-,6?/m1/s1. The van der Waals surface area contributed by atoms with Crippen LogP contribution < -0.4 is 0 Å². The lowest BCUT2D eigenvalue weighted by Crippen LogP contribution is -2.50. The van der Waals surface area contributed by atoms with Crippen molar-refractivity contribution in [3.05, 3.63) is 0 Å². The van der Waals surface area contributed by atoms with Crippen molar-refractivity contribution >= 4 is 23.5 Å². The molecule has 0 aliphatic carbocycles. The van der Waals surface area contributed by atoms with Gasteiger partial charge in [-0.1, -0.05) is 0 Å². The number of hydrogen-bond donors (Lipinski definition) is 10. The van der Waals surface area contributed by atoms with E-state index in [0.29, 0.717) is 0 Å². The minimum atomic E-state index is -5.86. The molecule has 7 atom stereocenters. The summed E-state index contributed by atoms with van der Waals surface area (Å²) < 4.78 is 43.2. The lowest BCUT2D eigenvalue weighted by atomic mass is 10.0. The zero-order chi connectivity index (χ0) is 20.2. The van der Waals surface area contributed by atoms with Crippen LogP contribution in [-0.4, -0.2) is 87.5 Å². The Morgan fingerprint density at radius 1 is 0.720 bits per heavy atom. The van der Waals surface area contributed by atoms with Crippen LogP contribution in [0.5, 0.6) is 0 Å². The highest BCUT2D eigenvalue weighted by Crippen LogP contribution is 2.66. The minimum absolute atomic E-state index is 1.07. The highest BCUT2D eigenvalue weighted by atomic mass is 31.3. The summed E-state index contributed by atoms with van der Waals surface area (Å²) >= 11 is 0. The Bertz CT molecular complexity index is 558. The molecule has 0 saturated carbocycles. The van der Waals surface area contributed by atoms with Crippen LogP contribution >= 0.6 is 23.5 Å². The molecule has 0 aliphatic rings. The van der Waals surface area contributed by atoms with Crippen LogP contribution in [-0.2, 0) is 26.8 Å². The summed E-state index contributed by atoms with van der Waals surface area (Å²) in [6, 6.07) is 0. The SMILES string of the molecule is O=P(O)(O)OP(=O)(O)OP(=O)(O)OC(O)[C@H](O)[C@@H](O)[C@H](O)[C@H](O)CO. The molecule has 0 aromatic heterocycles. The molecule has 0 fully saturated rings. The molecule has 0 spiro atoms. The van der Waals surface area contributed by atoms with Crippen molar-refractivity contribution in [1.82, 2.24) is 0 Å². The molecule has 152 valence electrons. The zero-order valence-corrected chi connectivity index (χ0v) is 14.5. The van der Waals surface area contributed by atoms with E-state index < -0.39 is 60.8 Å². The van der Waals surface area contributed by atoms with Gasteiger partial charge in [-0.25, -0.2) is 13.7 Å². The van der Waals surface area contributed by atoms with Gasteiger partial charge < -0.3 is 50.2 Å². The predicted octanol–water partition coefficient (Wildman–Crippen LogP) is -3.92. The van der Waals surface area contributed by atoms with Crippen molar-refractivity contribution < 1.29 is 77.1 Å². The quantitative estimate of drug-likeness (QED) is 0.109. The fraction of sp³-hybridized carbons (Fsp3) is 1.00. The molecule has 0 aromatic carbocycles. The lowest BCUT2D eigenvalue weighted by Gasteiger charge is -2.28. The summed E-state index contributed by atoms with van der Waals surface area (Å²) in [4.78, 5) is 34.5. The summed E-state index contributed by atoms with van der Waals surface area (Å²) in [5.74, 6) is 0. The number of rotatable bonds is 11. The Morgan fingerprint density at radius 3 is 1.60 bits per heavy atom. The van der Waals surface area contributed by atoms with E-state index >= 15 is 0 Å². The highest BCUT2D eigenvalue weighted by molar-refractivity contribution is 7.66. The Morgan fingerprint density at radius 2 is 1.20 bits per heavy atom. The molecule has 0 radical (unpaired) electrons. The first-order chi connectivity index (χ1) is 11.0. The third kappa shape index (κ3) is 9.60. The number of hydrogen-bond acceptors (Lipinski definition) is 12. The molecular weight excluding hydrogens is 421 g/mol. The third-order valence-corrected chi connectivity index (χ3v) is 6.04. The van der Waals surface area contributed by atoms with Crippen LogP contribution in [0, 0.1) is 0 Å². The van der Waals surface area contributed by atoms with Crippen LogP contribution in [0.3, 0.4) is 0 Å². The van der Waals surface area contributed by atoms with E-state index in [1.807, 2.05) is 0 Å². The number of aliphatic hydroxyl groups is 6. The van der Waals surface area contributed by atoms with Crippen LogP contribution in [0.2, 0.25) is 0 Å². The van der Waals surface area contributed by atoms with Gasteiger partial charge in [0.1, 0.15) is 24.4 Å². The first kappa shape index (κ1) is 25.2. The van der Waals surface area contributed by atoms with Gasteiger partial charge in [0, 0.05) is 0 Å². The number of phosphoric ester groups is 1. The van der Waals surface area contributed by atoms with E-state index in [1.165, 1.54) is 0 Å². The Labute approximate surface area is 138 Å². The zero-order valence-electron chi connectivity index (χ0n) is 11.9. The molecule has 0 bridgehead atoms. The van der Waals surface area contributed by atoms with E-state index in [1.54, 1.807) is 0 Å². The van der Waals surface area contributed by atoms with Gasteiger partial charge in [-0.05, 0) is 0 Å². The van der Waals surface area contributed by atoms with E-state index in [2.05, 4.69) is 13.1 Å². The van der Waals surface area contributed by atoms with Gasteiger partial charge in [0.25, 0.3) is 0 Å². The Balaban J connectivity index is 4.96. The van der Waals surface area contributed by atoms with Gasteiger partial charge in [-0.3, -0.25) is 4.52 Å². The maximum absolute atomic E-state index is 11.4. The molecule has 19 heteroatoms. The van der Waals surface area contributed by atoms with Gasteiger partial charge in [0.15, 0.2) is 6.29 Å². The van der Waals surface area contributed by atoms with Crippen molar-refractivity contribution in [3.63, 3.8) is 0 Å². The maximum Gasteiger partial charge on any atom is 0.490 e. The third-order valence-electron chi connectivity index (χ3n) is 2.23. The van der Waals surface area contributed by atoms with Gasteiger partial charge in [0.2, 0.25) is 0 Å². The first-order valence-corrected chi connectivity index (χ1v) is 10.4. The molecule has 3 unspecified atom stereocenters. The molecule has 0 saturated heterocycles. The Hall–Kier alpha value is 0.170.